The molecule has 2 atom stereocenters. The van der Waals surface area contributed by atoms with Crippen LogP contribution in [0.15, 0.2) is 61.2 Å². The average molecular weight is 380 g/mol. The number of hydrogen-bond donors (Lipinski definition) is 1. The maximum atomic E-state index is 12.6. The van der Waals surface area contributed by atoms with Crippen LogP contribution >= 0.6 is 0 Å². The van der Waals surface area contributed by atoms with Crippen molar-refractivity contribution in [1.29, 1.82) is 0 Å². The van der Waals surface area contributed by atoms with Crippen molar-refractivity contribution >= 4 is 11.5 Å². The lowest BCUT2D eigenvalue weighted by Crippen LogP contribution is -2.06. The van der Waals surface area contributed by atoms with Crippen molar-refractivity contribution < 1.29 is 9.53 Å². The van der Waals surface area contributed by atoms with Gasteiger partial charge in [-0.25, -0.2) is 0 Å². The third kappa shape index (κ3) is 6.88. The zero-order valence-corrected chi connectivity index (χ0v) is 17.4. The quantitative estimate of drug-likeness (QED) is 0.344. The maximum absolute atomic E-state index is 12.6. The highest BCUT2D eigenvalue weighted by atomic mass is 16.5. The third-order valence-corrected chi connectivity index (χ3v) is 5.15. The number of anilines is 1. The van der Waals surface area contributed by atoms with Crippen LogP contribution in [0.3, 0.4) is 0 Å². The molecule has 150 valence electrons. The molecule has 28 heavy (non-hydrogen) atoms. The summed E-state index contributed by atoms with van der Waals surface area (Å²) < 4.78 is 5.87. The van der Waals surface area contributed by atoms with E-state index in [1.807, 2.05) is 61.7 Å². The van der Waals surface area contributed by atoms with Crippen molar-refractivity contribution in [2.24, 2.45) is 11.8 Å². The van der Waals surface area contributed by atoms with Crippen LogP contribution in [0.5, 0.6) is 5.75 Å². The number of allylic oxidation sites excluding steroid dienone is 1. The number of ether oxygens (including phenoxy) is 1. The Kier molecular flexibility index (Phi) is 8.80. The Hall–Kier alpha value is -2.55. The highest BCUT2D eigenvalue weighted by molar-refractivity contribution is 6.09. The maximum Gasteiger partial charge on any atom is 0.193 e. The fraction of sp³-hybridized carbons (Fsp3) is 0.400. The summed E-state index contributed by atoms with van der Waals surface area (Å²) in [5.41, 5.74) is 2.35. The van der Waals surface area contributed by atoms with Gasteiger partial charge in [0.05, 0.1) is 6.61 Å². The van der Waals surface area contributed by atoms with Crippen LogP contribution < -0.4 is 10.1 Å². The zero-order chi connectivity index (χ0) is 20.4. The molecule has 0 bridgehead atoms. The van der Waals surface area contributed by atoms with E-state index in [0.717, 1.165) is 24.3 Å². The van der Waals surface area contributed by atoms with Crippen molar-refractivity contribution in [3.8, 4) is 5.75 Å². The topological polar surface area (TPSA) is 38.3 Å². The molecule has 0 aliphatic rings. The number of rotatable bonds is 12. The molecule has 0 fully saturated rings. The first kappa shape index (κ1) is 21.7. The van der Waals surface area contributed by atoms with Gasteiger partial charge in [-0.2, -0.15) is 0 Å². The van der Waals surface area contributed by atoms with Gasteiger partial charge in [-0.3, -0.25) is 4.79 Å². The van der Waals surface area contributed by atoms with Crippen LogP contribution in [0.25, 0.3) is 0 Å². The summed E-state index contributed by atoms with van der Waals surface area (Å²) in [5, 5.41) is 3.05. The summed E-state index contributed by atoms with van der Waals surface area (Å²) in [6.07, 6.45) is 6.59. The lowest BCUT2D eigenvalue weighted by Gasteiger charge is -2.15. The van der Waals surface area contributed by atoms with Crippen molar-refractivity contribution in [2.45, 2.75) is 39.5 Å². The van der Waals surface area contributed by atoms with Gasteiger partial charge in [0, 0.05) is 23.9 Å². The van der Waals surface area contributed by atoms with Gasteiger partial charge >= 0.3 is 0 Å². The number of ketones is 1. The van der Waals surface area contributed by atoms with Gasteiger partial charge in [0.25, 0.3) is 0 Å². The molecule has 0 spiro atoms. The Morgan fingerprint density at radius 2 is 1.54 bits per heavy atom. The van der Waals surface area contributed by atoms with Crippen LogP contribution in [-0.2, 0) is 0 Å². The molecule has 3 nitrogen and oxygen atoms in total. The Morgan fingerprint density at radius 3 is 2.11 bits per heavy atom. The molecule has 0 saturated heterocycles. The monoisotopic (exact) mass is 379 g/mol. The number of hydrogen-bond acceptors (Lipinski definition) is 3. The van der Waals surface area contributed by atoms with Gasteiger partial charge in [0.15, 0.2) is 5.78 Å². The first-order chi connectivity index (χ1) is 13.5. The summed E-state index contributed by atoms with van der Waals surface area (Å²) in [6.45, 7) is 9.08. The molecule has 2 aromatic carbocycles. The third-order valence-electron chi connectivity index (χ3n) is 5.15. The highest BCUT2D eigenvalue weighted by Gasteiger charge is 2.10. The lowest BCUT2D eigenvalue weighted by atomic mass is 9.94. The van der Waals surface area contributed by atoms with Gasteiger partial charge in [-0.05, 0) is 73.2 Å². The van der Waals surface area contributed by atoms with Crippen LogP contribution in [0.4, 0.5) is 5.69 Å². The summed E-state index contributed by atoms with van der Waals surface area (Å²) in [4.78, 5) is 12.6. The van der Waals surface area contributed by atoms with Crippen molar-refractivity contribution in [2.75, 3.05) is 19.0 Å². The van der Waals surface area contributed by atoms with E-state index >= 15 is 0 Å². The van der Waals surface area contributed by atoms with Crippen LogP contribution in [-0.4, -0.2) is 19.4 Å². The minimum atomic E-state index is 0.0245. The molecule has 0 heterocycles. The Balaban J connectivity index is 1.79. The largest absolute Gasteiger partial charge is 0.494 e. The number of nitrogens with one attached hydrogen (secondary N) is 1. The van der Waals surface area contributed by atoms with E-state index in [9.17, 15) is 4.79 Å². The molecule has 0 amide bonds. The van der Waals surface area contributed by atoms with Gasteiger partial charge in [0.1, 0.15) is 5.75 Å². The molecule has 0 aromatic heterocycles. The van der Waals surface area contributed by atoms with Crippen LogP contribution in [0.1, 0.15) is 55.5 Å². The van der Waals surface area contributed by atoms with Crippen LogP contribution in [0.2, 0.25) is 0 Å². The lowest BCUT2D eigenvalue weighted by molar-refractivity contribution is 0.103. The second kappa shape index (κ2) is 11.3. The molecule has 0 aliphatic heterocycles. The molecule has 2 aromatic rings. The number of carbonyl (C=O) groups is 1. The second-order valence-corrected chi connectivity index (χ2v) is 7.63. The van der Waals surface area contributed by atoms with Crippen molar-refractivity contribution in [3.05, 3.63) is 72.3 Å². The minimum Gasteiger partial charge on any atom is -0.494 e. The molecular weight excluding hydrogens is 346 g/mol. The molecule has 1 N–H and O–H groups in total. The summed E-state index contributed by atoms with van der Waals surface area (Å²) >= 11 is 0. The Morgan fingerprint density at radius 1 is 0.964 bits per heavy atom. The standard InChI is InChI=1S/C25H33NO2/c1-5-6-19(2)7-8-20(3)17-18-28-24-15-11-22(12-16-24)25(27)21-9-13-23(26-4)14-10-21/h5,9-16,19-20,26H,1,6-8,17-18H2,2-4H3. The normalized spacial score (nSPS) is 12.8. The number of benzene rings is 2. The van der Waals surface area contributed by atoms with E-state index in [1.54, 1.807) is 0 Å². The Bertz CT molecular complexity index is 734. The fourth-order valence-electron chi connectivity index (χ4n) is 3.15. The predicted octanol–water partition coefficient (Wildman–Crippen LogP) is 6.36. The van der Waals surface area contributed by atoms with E-state index in [4.69, 9.17) is 4.74 Å². The zero-order valence-electron chi connectivity index (χ0n) is 17.4. The van der Waals surface area contributed by atoms with E-state index in [-0.39, 0.29) is 5.78 Å². The van der Waals surface area contributed by atoms with Gasteiger partial charge in [-0.1, -0.05) is 32.8 Å². The highest BCUT2D eigenvalue weighted by Crippen LogP contribution is 2.20. The molecule has 3 heteroatoms. The van der Waals surface area contributed by atoms with Gasteiger partial charge in [0.2, 0.25) is 0 Å². The fourth-order valence-corrected chi connectivity index (χ4v) is 3.15. The summed E-state index contributed by atoms with van der Waals surface area (Å²) in [5.74, 6) is 2.19. The minimum absolute atomic E-state index is 0.0245. The first-order valence-corrected chi connectivity index (χ1v) is 10.2. The van der Waals surface area contributed by atoms with E-state index < -0.39 is 0 Å². The van der Waals surface area contributed by atoms with E-state index in [1.165, 1.54) is 12.8 Å². The molecular formula is C25H33NO2. The van der Waals surface area contributed by atoms with Gasteiger partial charge in [-0.15, -0.1) is 6.58 Å². The van der Waals surface area contributed by atoms with E-state index in [2.05, 4.69) is 25.7 Å². The second-order valence-electron chi connectivity index (χ2n) is 7.63. The summed E-state index contributed by atoms with van der Waals surface area (Å²) in [7, 11) is 1.86. The molecule has 0 radical (unpaired) electrons. The first-order valence-electron chi connectivity index (χ1n) is 10.2. The Labute approximate surface area is 169 Å². The molecule has 0 aliphatic carbocycles. The SMILES string of the molecule is C=CCC(C)CCC(C)CCOc1ccc(C(=O)c2ccc(NC)cc2)cc1. The smallest absolute Gasteiger partial charge is 0.193 e. The predicted molar refractivity (Wildman–Crippen MR) is 118 cm³/mol. The molecule has 0 saturated carbocycles. The number of carbonyl (C=O) groups excluding carboxylic acids is 1. The van der Waals surface area contributed by atoms with Crippen molar-refractivity contribution in [3.63, 3.8) is 0 Å². The van der Waals surface area contributed by atoms with Crippen molar-refractivity contribution in [1.82, 2.24) is 0 Å². The average Bonchev–Trinajstić information content (AvgIpc) is 2.72. The summed E-state index contributed by atoms with van der Waals surface area (Å²) in [6, 6.07) is 14.9. The van der Waals surface area contributed by atoms with Gasteiger partial charge < -0.3 is 10.1 Å². The molecule has 2 unspecified atom stereocenters. The van der Waals surface area contributed by atoms with E-state index in [0.29, 0.717) is 29.6 Å². The molecule has 2 rings (SSSR count). The van der Waals surface area contributed by atoms with Crippen LogP contribution in [0, 0.1) is 11.8 Å².